The van der Waals surface area contributed by atoms with Crippen LogP contribution in [0.2, 0.25) is 0 Å². The molecule has 0 saturated heterocycles. The molecule has 2 aromatic rings. The van der Waals surface area contributed by atoms with Gasteiger partial charge in [0.25, 0.3) is 5.91 Å². The molecule has 2 heterocycles. The van der Waals surface area contributed by atoms with E-state index in [-0.39, 0.29) is 17.8 Å². The molecule has 0 unspecified atom stereocenters. The smallest absolute Gasteiger partial charge is 0.258 e. The molecule has 2 rings (SSSR count). The molecule has 1 amide bonds. The Morgan fingerprint density at radius 2 is 2.30 bits per heavy atom. The van der Waals surface area contributed by atoms with Crippen molar-refractivity contribution in [3.8, 4) is 0 Å². The highest BCUT2D eigenvalue weighted by Gasteiger charge is 2.19. The third kappa shape index (κ3) is 3.08. The number of hydrogen-bond acceptors (Lipinski definition) is 6. The first-order valence-electron chi connectivity index (χ1n) is 6.25. The van der Waals surface area contributed by atoms with Gasteiger partial charge in [0.1, 0.15) is 10.6 Å². The summed E-state index contributed by atoms with van der Waals surface area (Å²) in [5.74, 6) is 0.0411. The fraction of sp³-hybridized carbons (Fsp3) is 0.417. The Labute approximate surface area is 121 Å². The standard InChI is InChI=1S/C12H18N6OS/c1-7(2)16-11(19)9-10(13)17-20-12(9)14-6-8-4-5-15-18(8)3/h4-5,7,14H,6H2,1-3H3,(H2,13,17)(H,16,19). The molecule has 0 spiro atoms. The van der Waals surface area contributed by atoms with Gasteiger partial charge in [0.15, 0.2) is 5.82 Å². The molecule has 0 radical (unpaired) electrons. The Balaban J connectivity index is 2.13. The molecule has 0 aromatic carbocycles. The molecule has 0 aliphatic rings. The number of nitrogens with two attached hydrogens (primary N) is 1. The van der Waals surface area contributed by atoms with Gasteiger partial charge in [-0.2, -0.15) is 9.47 Å². The number of nitrogens with one attached hydrogen (secondary N) is 2. The van der Waals surface area contributed by atoms with Crippen LogP contribution in [-0.4, -0.2) is 26.1 Å². The maximum atomic E-state index is 12.1. The second-order valence-electron chi connectivity index (χ2n) is 4.70. The van der Waals surface area contributed by atoms with E-state index in [4.69, 9.17) is 5.73 Å². The Morgan fingerprint density at radius 1 is 1.55 bits per heavy atom. The third-order valence-electron chi connectivity index (χ3n) is 2.72. The molecular formula is C12H18N6OS. The number of aryl methyl sites for hydroxylation is 1. The van der Waals surface area contributed by atoms with Crippen molar-refractivity contribution in [3.63, 3.8) is 0 Å². The molecule has 0 bridgehead atoms. The van der Waals surface area contributed by atoms with Crippen LogP contribution in [0.15, 0.2) is 12.3 Å². The van der Waals surface area contributed by atoms with E-state index in [9.17, 15) is 4.79 Å². The van der Waals surface area contributed by atoms with Crippen LogP contribution in [0.1, 0.15) is 29.9 Å². The predicted molar refractivity (Wildman–Crippen MR) is 79.7 cm³/mol. The minimum absolute atomic E-state index is 0.0479. The van der Waals surface area contributed by atoms with Crippen molar-refractivity contribution in [2.45, 2.75) is 26.4 Å². The summed E-state index contributed by atoms with van der Waals surface area (Å²) in [4.78, 5) is 12.1. The minimum atomic E-state index is -0.209. The van der Waals surface area contributed by atoms with Crippen molar-refractivity contribution in [3.05, 3.63) is 23.5 Å². The predicted octanol–water partition coefficient (Wildman–Crippen LogP) is 1.21. The number of nitrogens with zero attached hydrogens (tertiary/aromatic N) is 3. The quantitative estimate of drug-likeness (QED) is 0.770. The summed E-state index contributed by atoms with van der Waals surface area (Å²) in [6.45, 7) is 4.35. The second kappa shape index (κ2) is 5.91. The summed E-state index contributed by atoms with van der Waals surface area (Å²) >= 11 is 1.18. The topological polar surface area (TPSA) is 97.9 Å². The highest BCUT2D eigenvalue weighted by molar-refractivity contribution is 7.11. The summed E-state index contributed by atoms with van der Waals surface area (Å²) in [5.41, 5.74) is 7.19. The number of hydrogen-bond donors (Lipinski definition) is 3. The summed E-state index contributed by atoms with van der Waals surface area (Å²) in [7, 11) is 1.87. The van der Waals surface area contributed by atoms with Gasteiger partial charge < -0.3 is 16.4 Å². The van der Waals surface area contributed by atoms with Crippen LogP contribution in [0.5, 0.6) is 0 Å². The largest absolute Gasteiger partial charge is 0.382 e. The van der Waals surface area contributed by atoms with E-state index in [0.29, 0.717) is 17.1 Å². The third-order valence-corrected chi connectivity index (χ3v) is 3.54. The summed E-state index contributed by atoms with van der Waals surface area (Å²) in [6.07, 6.45) is 1.73. The zero-order valence-electron chi connectivity index (χ0n) is 11.7. The number of anilines is 2. The van der Waals surface area contributed by atoms with E-state index in [1.807, 2.05) is 27.0 Å². The van der Waals surface area contributed by atoms with Gasteiger partial charge in [-0.05, 0) is 31.4 Å². The van der Waals surface area contributed by atoms with E-state index in [2.05, 4.69) is 20.1 Å². The van der Waals surface area contributed by atoms with Crippen LogP contribution in [0.25, 0.3) is 0 Å². The van der Waals surface area contributed by atoms with E-state index >= 15 is 0 Å². The zero-order valence-corrected chi connectivity index (χ0v) is 12.5. The van der Waals surface area contributed by atoms with Gasteiger partial charge in [-0.3, -0.25) is 9.48 Å². The lowest BCUT2D eigenvalue weighted by atomic mass is 10.2. The molecule has 0 aliphatic carbocycles. The van der Waals surface area contributed by atoms with Crippen LogP contribution < -0.4 is 16.4 Å². The van der Waals surface area contributed by atoms with Crippen molar-refractivity contribution < 1.29 is 4.79 Å². The van der Waals surface area contributed by atoms with Crippen molar-refractivity contribution in [2.75, 3.05) is 11.1 Å². The summed E-state index contributed by atoms with van der Waals surface area (Å²) in [6, 6.07) is 1.96. The first kappa shape index (κ1) is 14.3. The lowest BCUT2D eigenvalue weighted by Crippen LogP contribution is -2.30. The Hall–Kier alpha value is -2.09. The number of rotatable bonds is 5. The first-order chi connectivity index (χ1) is 9.49. The molecular weight excluding hydrogens is 276 g/mol. The van der Waals surface area contributed by atoms with E-state index < -0.39 is 0 Å². The van der Waals surface area contributed by atoms with Crippen molar-refractivity contribution in [1.29, 1.82) is 0 Å². The fourth-order valence-electron chi connectivity index (χ4n) is 1.72. The molecule has 0 fully saturated rings. The highest BCUT2D eigenvalue weighted by atomic mass is 32.1. The summed E-state index contributed by atoms with van der Waals surface area (Å²) < 4.78 is 5.81. The van der Waals surface area contributed by atoms with Crippen molar-refractivity contribution in [2.24, 2.45) is 7.05 Å². The second-order valence-corrected chi connectivity index (χ2v) is 5.47. The number of nitrogen functional groups attached to an aromatic ring is 1. The molecule has 2 aromatic heterocycles. The fourth-order valence-corrected chi connectivity index (χ4v) is 2.43. The number of carbonyl (C=O) groups excluding carboxylic acids is 1. The van der Waals surface area contributed by atoms with Crippen LogP contribution in [-0.2, 0) is 13.6 Å². The van der Waals surface area contributed by atoms with Gasteiger partial charge in [0.05, 0.1) is 12.2 Å². The molecule has 0 saturated carbocycles. The van der Waals surface area contributed by atoms with Gasteiger partial charge in [-0.1, -0.05) is 0 Å². The molecule has 0 aliphatic heterocycles. The minimum Gasteiger partial charge on any atom is -0.382 e. The molecule has 4 N–H and O–H groups in total. The molecule has 0 atom stereocenters. The SMILES string of the molecule is CC(C)NC(=O)c1c(N)nsc1NCc1ccnn1C. The number of amides is 1. The van der Waals surface area contributed by atoms with Gasteiger partial charge in [-0.15, -0.1) is 0 Å². The maximum absolute atomic E-state index is 12.1. The van der Waals surface area contributed by atoms with Crippen LogP contribution in [0, 0.1) is 0 Å². The van der Waals surface area contributed by atoms with Crippen molar-refractivity contribution in [1.82, 2.24) is 19.5 Å². The Bertz CT molecular complexity index is 603. The monoisotopic (exact) mass is 294 g/mol. The van der Waals surface area contributed by atoms with Gasteiger partial charge in [0, 0.05) is 19.3 Å². The van der Waals surface area contributed by atoms with Crippen LogP contribution in [0.3, 0.4) is 0 Å². The lowest BCUT2D eigenvalue weighted by molar-refractivity contribution is 0.0945. The highest BCUT2D eigenvalue weighted by Crippen LogP contribution is 2.27. The summed E-state index contributed by atoms with van der Waals surface area (Å²) in [5, 5.41) is 10.8. The average molecular weight is 294 g/mol. The van der Waals surface area contributed by atoms with Gasteiger partial charge in [-0.25, -0.2) is 0 Å². The molecule has 7 nitrogen and oxygen atoms in total. The molecule has 108 valence electrons. The van der Waals surface area contributed by atoms with Crippen LogP contribution in [0.4, 0.5) is 10.8 Å². The average Bonchev–Trinajstić information content (AvgIpc) is 2.92. The lowest BCUT2D eigenvalue weighted by Gasteiger charge is -2.10. The van der Waals surface area contributed by atoms with E-state index in [1.165, 1.54) is 11.5 Å². The zero-order chi connectivity index (χ0) is 14.7. The van der Waals surface area contributed by atoms with Crippen molar-refractivity contribution >= 4 is 28.3 Å². The Morgan fingerprint density at radius 3 is 2.90 bits per heavy atom. The van der Waals surface area contributed by atoms with Gasteiger partial charge in [0.2, 0.25) is 0 Å². The number of aromatic nitrogens is 3. The molecule has 8 heteroatoms. The van der Waals surface area contributed by atoms with E-state index in [0.717, 1.165) is 5.69 Å². The molecule has 20 heavy (non-hydrogen) atoms. The first-order valence-corrected chi connectivity index (χ1v) is 7.03. The van der Waals surface area contributed by atoms with Crippen LogP contribution >= 0.6 is 11.5 Å². The van der Waals surface area contributed by atoms with E-state index in [1.54, 1.807) is 10.9 Å². The number of carbonyl (C=O) groups is 1. The van der Waals surface area contributed by atoms with Gasteiger partial charge >= 0.3 is 0 Å². The maximum Gasteiger partial charge on any atom is 0.258 e. The normalized spacial score (nSPS) is 10.8. The Kier molecular flexibility index (Phi) is 4.23.